The van der Waals surface area contributed by atoms with Gasteiger partial charge in [0, 0.05) is 26.4 Å². The van der Waals surface area contributed by atoms with Crippen molar-refractivity contribution in [1.29, 1.82) is 0 Å². The van der Waals surface area contributed by atoms with E-state index in [1.54, 1.807) is 11.0 Å². The molecule has 5 nitrogen and oxygen atoms in total. The number of carbonyl (C=O) groups excluding carboxylic acids is 1. The fourth-order valence-electron chi connectivity index (χ4n) is 3.11. The lowest BCUT2D eigenvalue weighted by Crippen LogP contribution is -2.30. The third kappa shape index (κ3) is 4.15. The molecule has 1 aromatic heterocycles. The molecular weight excluding hydrogens is 326 g/mol. The number of hydrogen-bond acceptors (Lipinski definition) is 4. The van der Waals surface area contributed by atoms with E-state index < -0.39 is 0 Å². The molecule has 24 heavy (non-hydrogen) atoms. The first-order valence-electron chi connectivity index (χ1n) is 8.45. The average molecular weight is 348 g/mol. The molecule has 0 radical (unpaired) electrons. The van der Waals surface area contributed by atoms with E-state index >= 15 is 0 Å². The van der Waals surface area contributed by atoms with Crippen LogP contribution in [0.25, 0.3) is 11.5 Å². The Balaban J connectivity index is 1.53. The lowest BCUT2D eigenvalue weighted by Gasteiger charge is -2.18. The van der Waals surface area contributed by atoms with Gasteiger partial charge in [0.25, 0.3) is 5.89 Å². The van der Waals surface area contributed by atoms with Crippen LogP contribution in [0.5, 0.6) is 0 Å². The van der Waals surface area contributed by atoms with E-state index in [0.717, 1.165) is 5.56 Å². The first-order valence-corrected chi connectivity index (χ1v) is 8.82. The maximum absolute atomic E-state index is 12.2. The number of rotatable bonds is 6. The summed E-state index contributed by atoms with van der Waals surface area (Å²) >= 11 is 6.14. The summed E-state index contributed by atoms with van der Waals surface area (Å²) < 4.78 is 5.28. The summed E-state index contributed by atoms with van der Waals surface area (Å²) in [4.78, 5) is 18.4. The van der Waals surface area contributed by atoms with Crippen molar-refractivity contribution in [1.82, 2.24) is 15.0 Å². The smallest absolute Gasteiger partial charge is 0.259 e. The Labute approximate surface area is 147 Å². The Kier molecular flexibility index (Phi) is 5.51. The number of nitrogens with zero attached hydrogens (tertiary/aromatic N) is 3. The van der Waals surface area contributed by atoms with Crippen LogP contribution in [0.15, 0.2) is 28.8 Å². The number of carbonyl (C=O) groups is 1. The zero-order valence-electron chi connectivity index (χ0n) is 13.9. The molecule has 1 amide bonds. The van der Waals surface area contributed by atoms with Gasteiger partial charge < -0.3 is 9.42 Å². The molecule has 1 aromatic carbocycles. The van der Waals surface area contributed by atoms with E-state index in [1.807, 2.05) is 25.2 Å². The van der Waals surface area contributed by atoms with Gasteiger partial charge in [0.15, 0.2) is 5.82 Å². The summed E-state index contributed by atoms with van der Waals surface area (Å²) in [6.45, 7) is 0.590. The van der Waals surface area contributed by atoms with Gasteiger partial charge in [-0.2, -0.15) is 4.98 Å². The van der Waals surface area contributed by atoms with Gasteiger partial charge in [-0.15, -0.1) is 0 Å². The minimum absolute atomic E-state index is 0.205. The molecule has 0 aliphatic heterocycles. The molecular formula is C18H22ClN3O2. The Bertz CT molecular complexity index is 695. The highest BCUT2D eigenvalue weighted by Gasteiger charge is 2.20. The zero-order valence-corrected chi connectivity index (χ0v) is 14.6. The summed E-state index contributed by atoms with van der Waals surface area (Å²) in [7, 11) is 1.84. The van der Waals surface area contributed by atoms with Gasteiger partial charge >= 0.3 is 0 Å². The Hall–Kier alpha value is -1.88. The standard InChI is InChI=1S/C18H22ClN3O2/c1-22(17(23)12-13-6-2-3-7-13)11-10-16-20-18(24-21-16)14-8-4-5-9-15(14)19/h4-5,8-9,13H,2-3,6-7,10-12H2,1H3. The van der Waals surface area contributed by atoms with Crippen LogP contribution in [0.3, 0.4) is 0 Å². The second-order valence-electron chi connectivity index (χ2n) is 6.42. The highest BCUT2D eigenvalue weighted by molar-refractivity contribution is 6.33. The summed E-state index contributed by atoms with van der Waals surface area (Å²) in [5, 5.41) is 4.57. The second kappa shape index (κ2) is 7.79. The van der Waals surface area contributed by atoms with Gasteiger partial charge in [-0.05, 0) is 30.9 Å². The quantitative estimate of drug-likeness (QED) is 0.793. The van der Waals surface area contributed by atoms with E-state index in [4.69, 9.17) is 16.1 Å². The third-order valence-corrected chi connectivity index (χ3v) is 4.94. The second-order valence-corrected chi connectivity index (χ2v) is 6.82. The van der Waals surface area contributed by atoms with Crippen LogP contribution in [-0.4, -0.2) is 34.5 Å². The lowest BCUT2D eigenvalue weighted by molar-refractivity contribution is -0.130. The van der Waals surface area contributed by atoms with Crippen LogP contribution in [0.4, 0.5) is 0 Å². The number of amides is 1. The molecule has 6 heteroatoms. The summed E-state index contributed by atoms with van der Waals surface area (Å²) in [6, 6.07) is 7.36. The zero-order chi connectivity index (χ0) is 16.9. The fourth-order valence-corrected chi connectivity index (χ4v) is 3.33. The fraction of sp³-hybridized carbons (Fsp3) is 0.500. The topological polar surface area (TPSA) is 59.2 Å². The molecule has 1 saturated carbocycles. The molecule has 0 bridgehead atoms. The van der Waals surface area contributed by atoms with Gasteiger partial charge in [-0.25, -0.2) is 0 Å². The van der Waals surface area contributed by atoms with Crippen molar-refractivity contribution in [2.75, 3.05) is 13.6 Å². The van der Waals surface area contributed by atoms with Crippen molar-refractivity contribution in [2.24, 2.45) is 5.92 Å². The van der Waals surface area contributed by atoms with E-state index in [9.17, 15) is 4.79 Å². The minimum Gasteiger partial charge on any atom is -0.345 e. The van der Waals surface area contributed by atoms with Crippen molar-refractivity contribution in [3.63, 3.8) is 0 Å². The first-order chi connectivity index (χ1) is 11.6. The Morgan fingerprint density at radius 1 is 1.33 bits per heavy atom. The number of hydrogen-bond donors (Lipinski definition) is 0. The molecule has 0 unspecified atom stereocenters. The molecule has 1 aliphatic rings. The van der Waals surface area contributed by atoms with Gasteiger partial charge in [0.1, 0.15) is 0 Å². The van der Waals surface area contributed by atoms with E-state index in [2.05, 4.69) is 10.1 Å². The summed E-state index contributed by atoms with van der Waals surface area (Å²) in [6.07, 6.45) is 6.12. The van der Waals surface area contributed by atoms with Crippen LogP contribution >= 0.6 is 11.6 Å². The molecule has 3 rings (SSSR count). The van der Waals surface area contributed by atoms with Crippen LogP contribution in [0.2, 0.25) is 5.02 Å². The van der Waals surface area contributed by atoms with Gasteiger partial charge in [-0.3, -0.25) is 4.79 Å². The van der Waals surface area contributed by atoms with Crippen LogP contribution in [-0.2, 0) is 11.2 Å². The van der Waals surface area contributed by atoms with Crippen molar-refractivity contribution >= 4 is 17.5 Å². The molecule has 128 valence electrons. The minimum atomic E-state index is 0.205. The highest BCUT2D eigenvalue weighted by Crippen LogP contribution is 2.28. The third-order valence-electron chi connectivity index (χ3n) is 4.61. The highest BCUT2D eigenvalue weighted by atomic mass is 35.5. The molecule has 0 saturated heterocycles. The molecule has 1 aliphatic carbocycles. The van der Waals surface area contributed by atoms with E-state index in [0.29, 0.717) is 42.0 Å². The maximum atomic E-state index is 12.2. The predicted octanol–water partition coefficient (Wildman–Crippen LogP) is 3.97. The molecule has 1 fully saturated rings. The van der Waals surface area contributed by atoms with Gasteiger partial charge in [-0.1, -0.05) is 41.7 Å². The predicted molar refractivity (Wildman–Crippen MR) is 92.7 cm³/mol. The molecule has 2 aromatic rings. The van der Waals surface area contributed by atoms with Crippen LogP contribution < -0.4 is 0 Å². The lowest BCUT2D eigenvalue weighted by atomic mass is 10.0. The van der Waals surface area contributed by atoms with Crippen molar-refractivity contribution in [2.45, 2.75) is 38.5 Å². The monoisotopic (exact) mass is 347 g/mol. The normalized spacial score (nSPS) is 14.9. The Morgan fingerprint density at radius 3 is 2.83 bits per heavy atom. The van der Waals surface area contributed by atoms with Crippen LogP contribution in [0.1, 0.15) is 37.9 Å². The molecule has 1 heterocycles. The van der Waals surface area contributed by atoms with E-state index in [1.165, 1.54) is 25.7 Å². The van der Waals surface area contributed by atoms with E-state index in [-0.39, 0.29) is 5.91 Å². The molecule has 0 spiro atoms. The number of likely N-dealkylation sites (N-methyl/N-ethyl adjacent to an activating group) is 1. The Morgan fingerprint density at radius 2 is 2.08 bits per heavy atom. The number of aromatic nitrogens is 2. The summed E-state index contributed by atoms with van der Waals surface area (Å²) in [5.74, 6) is 1.77. The maximum Gasteiger partial charge on any atom is 0.259 e. The van der Waals surface area contributed by atoms with Crippen molar-refractivity contribution < 1.29 is 9.32 Å². The SMILES string of the molecule is CN(CCc1noc(-c2ccccc2Cl)n1)C(=O)CC1CCCC1. The average Bonchev–Trinajstić information content (AvgIpc) is 3.24. The van der Waals surface area contributed by atoms with Gasteiger partial charge in [0.05, 0.1) is 10.6 Å². The first kappa shape index (κ1) is 17.0. The molecule has 0 atom stereocenters. The number of halogens is 1. The summed E-state index contributed by atoms with van der Waals surface area (Å²) in [5.41, 5.74) is 0.726. The van der Waals surface area contributed by atoms with Gasteiger partial charge in [0.2, 0.25) is 5.91 Å². The largest absolute Gasteiger partial charge is 0.345 e. The van der Waals surface area contributed by atoms with Crippen LogP contribution in [0, 0.1) is 5.92 Å². The van der Waals surface area contributed by atoms with Crippen molar-refractivity contribution in [3.8, 4) is 11.5 Å². The number of benzene rings is 1. The van der Waals surface area contributed by atoms with Crippen molar-refractivity contribution in [3.05, 3.63) is 35.1 Å². The molecule has 0 N–H and O–H groups in total.